The van der Waals surface area contributed by atoms with Gasteiger partial charge in [0, 0.05) is 10.6 Å². The number of hydrogen-bond acceptors (Lipinski definition) is 3. The Labute approximate surface area is 156 Å². The number of nitrogens with zero attached hydrogens (tertiary/aromatic N) is 2. The van der Waals surface area contributed by atoms with Crippen molar-refractivity contribution in [3.63, 3.8) is 0 Å². The molecule has 3 rings (SSSR count). The predicted octanol–water partition coefficient (Wildman–Crippen LogP) is 4.55. The number of benzene rings is 2. The van der Waals surface area contributed by atoms with E-state index in [1.807, 2.05) is 55.5 Å². The third-order valence-electron chi connectivity index (χ3n) is 3.59. The maximum Gasteiger partial charge on any atom is 0.289 e. The number of amides is 1. The number of rotatable bonds is 5. The SMILES string of the molecule is CC(/C=N\NC(=O)c1cc(-c2ccc(Cl)cc2)n[nH]1)=C\c1ccccc1. The van der Waals surface area contributed by atoms with E-state index in [-0.39, 0.29) is 5.91 Å². The molecule has 3 aromatic rings. The van der Waals surface area contributed by atoms with Crippen molar-refractivity contribution in [1.29, 1.82) is 0 Å². The summed E-state index contributed by atoms with van der Waals surface area (Å²) in [4.78, 5) is 12.1. The van der Waals surface area contributed by atoms with E-state index in [2.05, 4.69) is 20.7 Å². The largest absolute Gasteiger partial charge is 0.289 e. The molecule has 0 aliphatic carbocycles. The minimum atomic E-state index is -0.360. The Bertz CT molecular complexity index is 943. The van der Waals surface area contributed by atoms with E-state index in [9.17, 15) is 4.79 Å². The van der Waals surface area contributed by atoms with Gasteiger partial charge in [0.1, 0.15) is 5.69 Å². The van der Waals surface area contributed by atoms with Gasteiger partial charge in [-0.1, -0.05) is 60.1 Å². The van der Waals surface area contributed by atoms with Crippen LogP contribution in [0.15, 0.2) is 71.3 Å². The third kappa shape index (κ3) is 4.68. The number of carbonyl (C=O) groups is 1. The highest BCUT2D eigenvalue weighted by Gasteiger charge is 2.10. The lowest BCUT2D eigenvalue weighted by Gasteiger charge is -1.97. The van der Waals surface area contributed by atoms with E-state index < -0.39 is 0 Å². The number of hydrogen-bond donors (Lipinski definition) is 2. The van der Waals surface area contributed by atoms with Gasteiger partial charge in [0.05, 0.1) is 11.9 Å². The summed E-state index contributed by atoms with van der Waals surface area (Å²) >= 11 is 5.88. The van der Waals surface area contributed by atoms with Gasteiger partial charge in [-0.2, -0.15) is 10.2 Å². The number of hydrazone groups is 1. The van der Waals surface area contributed by atoms with Crippen molar-refractivity contribution in [3.05, 3.63) is 82.5 Å². The van der Waals surface area contributed by atoms with Crippen LogP contribution in [0.1, 0.15) is 23.0 Å². The van der Waals surface area contributed by atoms with E-state index in [4.69, 9.17) is 11.6 Å². The fourth-order valence-electron chi connectivity index (χ4n) is 2.31. The Balaban J connectivity index is 1.62. The summed E-state index contributed by atoms with van der Waals surface area (Å²) in [6, 6.07) is 18.8. The van der Waals surface area contributed by atoms with Crippen molar-refractivity contribution in [2.45, 2.75) is 6.92 Å². The molecule has 0 unspecified atom stereocenters. The van der Waals surface area contributed by atoms with Gasteiger partial charge >= 0.3 is 0 Å². The highest BCUT2D eigenvalue weighted by molar-refractivity contribution is 6.30. The predicted molar refractivity (Wildman–Crippen MR) is 105 cm³/mol. The maximum atomic E-state index is 12.1. The molecule has 0 atom stereocenters. The number of H-pyrrole nitrogens is 1. The molecule has 0 bridgehead atoms. The molecule has 1 amide bonds. The van der Waals surface area contributed by atoms with E-state index in [0.29, 0.717) is 16.4 Å². The molecular formula is C20H17ClN4O. The van der Waals surface area contributed by atoms with Gasteiger partial charge in [-0.25, -0.2) is 5.43 Å². The lowest BCUT2D eigenvalue weighted by Crippen LogP contribution is -2.17. The average Bonchev–Trinajstić information content (AvgIpc) is 3.13. The lowest BCUT2D eigenvalue weighted by molar-refractivity contribution is 0.0950. The Morgan fingerprint density at radius 3 is 2.62 bits per heavy atom. The van der Waals surface area contributed by atoms with Crippen LogP contribution in [0.2, 0.25) is 5.02 Å². The molecule has 2 N–H and O–H groups in total. The molecule has 0 spiro atoms. The molecule has 2 aromatic carbocycles. The number of aromatic nitrogens is 2. The molecular weight excluding hydrogens is 348 g/mol. The van der Waals surface area contributed by atoms with Gasteiger partial charge in [0.15, 0.2) is 0 Å². The Morgan fingerprint density at radius 2 is 1.88 bits per heavy atom. The Morgan fingerprint density at radius 1 is 1.15 bits per heavy atom. The number of carbonyl (C=O) groups excluding carboxylic acids is 1. The first-order valence-electron chi connectivity index (χ1n) is 8.00. The molecule has 1 heterocycles. The van der Waals surface area contributed by atoms with Crippen LogP contribution in [0.4, 0.5) is 0 Å². The maximum absolute atomic E-state index is 12.1. The van der Waals surface area contributed by atoms with E-state index in [1.54, 1.807) is 24.4 Å². The average molecular weight is 365 g/mol. The molecule has 5 nitrogen and oxygen atoms in total. The molecule has 0 fully saturated rings. The highest BCUT2D eigenvalue weighted by Crippen LogP contribution is 2.20. The highest BCUT2D eigenvalue weighted by atomic mass is 35.5. The fourth-order valence-corrected chi connectivity index (χ4v) is 2.43. The van der Waals surface area contributed by atoms with Gasteiger partial charge in [-0.15, -0.1) is 0 Å². The van der Waals surface area contributed by atoms with Gasteiger partial charge in [-0.05, 0) is 36.3 Å². The normalized spacial score (nSPS) is 11.7. The van der Waals surface area contributed by atoms with Crippen LogP contribution in [0.5, 0.6) is 0 Å². The van der Waals surface area contributed by atoms with Crippen molar-refractivity contribution in [1.82, 2.24) is 15.6 Å². The number of aromatic amines is 1. The van der Waals surface area contributed by atoms with Crippen molar-refractivity contribution >= 4 is 29.8 Å². The monoisotopic (exact) mass is 364 g/mol. The van der Waals surface area contributed by atoms with Crippen LogP contribution in [0.3, 0.4) is 0 Å². The summed E-state index contributed by atoms with van der Waals surface area (Å²) in [5.74, 6) is -0.360. The molecule has 0 saturated carbocycles. The second kappa shape index (κ2) is 8.27. The zero-order valence-electron chi connectivity index (χ0n) is 14.1. The first-order valence-corrected chi connectivity index (χ1v) is 8.38. The zero-order chi connectivity index (χ0) is 18.4. The second-order valence-electron chi connectivity index (χ2n) is 5.67. The molecule has 0 radical (unpaired) electrons. The molecule has 0 aliphatic heterocycles. The molecule has 0 saturated heterocycles. The topological polar surface area (TPSA) is 70.1 Å². The number of allylic oxidation sites excluding steroid dienone is 1. The fraction of sp³-hybridized carbons (Fsp3) is 0.0500. The third-order valence-corrected chi connectivity index (χ3v) is 3.84. The summed E-state index contributed by atoms with van der Waals surface area (Å²) in [6.45, 7) is 1.91. The molecule has 26 heavy (non-hydrogen) atoms. The van der Waals surface area contributed by atoms with Crippen molar-refractivity contribution in [2.75, 3.05) is 0 Å². The van der Waals surface area contributed by atoms with E-state index in [0.717, 1.165) is 16.7 Å². The minimum absolute atomic E-state index is 0.330. The molecule has 1 aromatic heterocycles. The standard InChI is InChI=1S/C20H17ClN4O/c1-14(11-15-5-3-2-4-6-15)13-22-25-20(26)19-12-18(23-24-19)16-7-9-17(21)10-8-16/h2-13H,1H3,(H,23,24)(H,25,26)/b14-11+,22-13-. The molecule has 0 aliphatic rings. The van der Waals surface area contributed by atoms with Crippen LogP contribution in [0, 0.1) is 0 Å². The van der Waals surface area contributed by atoms with E-state index in [1.165, 1.54) is 0 Å². The van der Waals surface area contributed by atoms with Gasteiger partial charge < -0.3 is 0 Å². The van der Waals surface area contributed by atoms with Crippen LogP contribution in [-0.4, -0.2) is 22.3 Å². The summed E-state index contributed by atoms with van der Waals surface area (Å²) in [5, 5.41) is 11.5. The van der Waals surface area contributed by atoms with Crippen LogP contribution < -0.4 is 5.43 Å². The number of halogens is 1. The zero-order valence-corrected chi connectivity index (χ0v) is 14.9. The minimum Gasteiger partial charge on any atom is -0.272 e. The molecule has 130 valence electrons. The summed E-state index contributed by atoms with van der Waals surface area (Å²) in [7, 11) is 0. The van der Waals surface area contributed by atoms with Crippen molar-refractivity contribution < 1.29 is 4.79 Å². The second-order valence-corrected chi connectivity index (χ2v) is 6.11. The van der Waals surface area contributed by atoms with Crippen molar-refractivity contribution in [2.24, 2.45) is 5.10 Å². The van der Waals surface area contributed by atoms with Gasteiger partial charge in [0.2, 0.25) is 0 Å². The Hall–Kier alpha value is -3.18. The molecule has 6 heteroatoms. The van der Waals surface area contributed by atoms with Gasteiger partial charge in [0.25, 0.3) is 5.91 Å². The van der Waals surface area contributed by atoms with Crippen molar-refractivity contribution in [3.8, 4) is 11.3 Å². The van der Waals surface area contributed by atoms with Gasteiger partial charge in [-0.3, -0.25) is 9.89 Å². The van der Waals surface area contributed by atoms with Crippen LogP contribution in [0.25, 0.3) is 17.3 Å². The summed E-state index contributed by atoms with van der Waals surface area (Å²) in [5.41, 5.74) is 6.34. The van der Waals surface area contributed by atoms with Crippen LogP contribution >= 0.6 is 11.6 Å². The lowest BCUT2D eigenvalue weighted by atomic mass is 10.1. The van der Waals surface area contributed by atoms with E-state index >= 15 is 0 Å². The smallest absolute Gasteiger partial charge is 0.272 e. The first kappa shape index (κ1) is 17.6. The Kier molecular flexibility index (Phi) is 5.61. The number of nitrogens with one attached hydrogen (secondary N) is 2. The van der Waals surface area contributed by atoms with Crippen LogP contribution in [-0.2, 0) is 0 Å². The summed E-state index contributed by atoms with van der Waals surface area (Å²) < 4.78 is 0. The summed E-state index contributed by atoms with van der Waals surface area (Å²) in [6.07, 6.45) is 3.58. The first-order chi connectivity index (χ1) is 12.6. The quantitative estimate of drug-likeness (QED) is 0.515.